The van der Waals surface area contributed by atoms with Crippen molar-refractivity contribution in [1.82, 2.24) is 10.6 Å². The van der Waals surface area contributed by atoms with Crippen molar-refractivity contribution in [3.63, 3.8) is 0 Å². The van der Waals surface area contributed by atoms with Gasteiger partial charge < -0.3 is 20.1 Å². The SMILES string of the molecule is CCC(CC)(CNCC1CCC=CO1)NC(=O)OC(C)(C)C. The Morgan fingerprint density at radius 1 is 1.32 bits per heavy atom. The Kier molecular flexibility index (Phi) is 7.20. The lowest BCUT2D eigenvalue weighted by molar-refractivity contribution is 0.0442. The largest absolute Gasteiger partial charge is 0.497 e. The zero-order valence-electron chi connectivity index (χ0n) is 14.7. The number of hydrogen-bond acceptors (Lipinski definition) is 4. The van der Waals surface area contributed by atoms with Crippen LogP contribution in [-0.2, 0) is 9.47 Å². The summed E-state index contributed by atoms with van der Waals surface area (Å²) >= 11 is 0. The second-order valence-corrected chi connectivity index (χ2v) is 6.95. The lowest BCUT2D eigenvalue weighted by Gasteiger charge is -2.34. The van der Waals surface area contributed by atoms with Crippen molar-refractivity contribution >= 4 is 6.09 Å². The van der Waals surface area contributed by atoms with Gasteiger partial charge in [0.25, 0.3) is 0 Å². The molecule has 1 heterocycles. The minimum absolute atomic E-state index is 0.220. The maximum atomic E-state index is 12.1. The summed E-state index contributed by atoms with van der Waals surface area (Å²) in [6.07, 6.45) is 7.49. The van der Waals surface area contributed by atoms with Gasteiger partial charge in [0.05, 0.1) is 11.8 Å². The maximum absolute atomic E-state index is 12.1. The van der Waals surface area contributed by atoms with Crippen LogP contribution in [0, 0.1) is 0 Å². The van der Waals surface area contributed by atoms with E-state index in [1.165, 1.54) is 0 Å². The Bertz CT molecular complexity index is 371. The molecule has 0 aromatic carbocycles. The number of carbonyl (C=O) groups is 1. The van der Waals surface area contributed by atoms with Gasteiger partial charge in [0.2, 0.25) is 0 Å². The number of rotatable bonds is 7. The summed E-state index contributed by atoms with van der Waals surface area (Å²) in [5.74, 6) is 0. The third-order valence-electron chi connectivity index (χ3n) is 3.98. The first kappa shape index (κ1) is 18.8. The number of nitrogens with one attached hydrogen (secondary N) is 2. The predicted molar refractivity (Wildman–Crippen MR) is 88.8 cm³/mol. The zero-order chi connectivity index (χ0) is 16.6. The molecule has 1 rings (SSSR count). The van der Waals surface area contributed by atoms with Gasteiger partial charge in [0, 0.05) is 13.1 Å². The highest BCUT2D eigenvalue weighted by Gasteiger charge is 2.30. The van der Waals surface area contributed by atoms with Gasteiger partial charge in [0.1, 0.15) is 11.7 Å². The van der Waals surface area contributed by atoms with Gasteiger partial charge in [-0.25, -0.2) is 4.79 Å². The molecule has 0 saturated heterocycles. The third kappa shape index (κ3) is 6.69. The van der Waals surface area contributed by atoms with Gasteiger partial charge in [-0.2, -0.15) is 0 Å². The van der Waals surface area contributed by atoms with Crippen molar-refractivity contribution in [2.75, 3.05) is 13.1 Å². The molecule has 0 aliphatic carbocycles. The number of hydrogen-bond donors (Lipinski definition) is 2. The molecule has 22 heavy (non-hydrogen) atoms. The molecule has 1 amide bonds. The van der Waals surface area contributed by atoms with E-state index >= 15 is 0 Å². The molecule has 1 aliphatic heterocycles. The summed E-state index contributed by atoms with van der Waals surface area (Å²) in [5.41, 5.74) is -0.764. The minimum atomic E-state index is -0.479. The normalized spacial score (nSPS) is 18.7. The van der Waals surface area contributed by atoms with E-state index in [0.717, 1.165) is 32.2 Å². The number of ether oxygens (including phenoxy) is 2. The molecule has 1 atom stereocenters. The summed E-state index contributed by atoms with van der Waals surface area (Å²) in [5, 5.41) is 6.48. The number of alkyl carbamates (subject to hydrolysis) is 1. The highest BCUT2D eigenvalue weighted by atomic mass is 16.6. The van der Waals surface area contributed by atoms with E-state index in [1.54, 1.807) is 6.26 Å². The van der Waals surface area contributed by atoms with Crippen LogP contribution in [0.4, 0.5) is 4.79 Å². The topological polar surface area (TPSA) is 59.6 Å². The van der Waals surface area contributed by atoms with Gasteiger partial charge in [-0.05, 0) is 52.5 Å². The van der Waals surface area contributed by atoms with Crippen LogP contribution in [0.15, 0.2) is 12.3 Å². The molecule has 128 valence electrons. The van der Waals surface area contributed by atoms with Crippen LogP contribution in [0.1, 0.15) is 60.3 Å². The number of carbonyl (C=O) groups excluding carboxylic acids is 1. The summed E-state index contributed by atoms with van der Waals surface area (Å²) < 4.78 is 10.9. The maximum Gasteiger partial charge on any atom is 0.408 e. The molecule has 0 bridgehead atoms. The summed E-state index contributed by atoms with van der Waals surface area (Å²) in [7, 11) is 0. The fraction of sp³-hybridized carbons (Fsp3) is 0.824. The Labute approximate surface area is 134 Å². The highest BCUT2D eigenvalue weighted by Crippen LogP contribution is 2.17. The van der Waals surface area contributed by atoms with Gasteiger partial charge in [-0.15, -0.1) is 0 Å². The first-order valence-electron chi connectivity index (χ1n) is 8.32. The molecule has 5 heteroatoms. The predicted octanol–water partition coefficient (Wildman–Crippen LogP) is 3.35. The van der Waals surface area contributed by atoms with Crippen LogP contribution >= 0.6 is 0 Å². The van der Waals surface area contributed by atoms with E-state index in [9.17, 15) is 4.79 Å². The highest BCUT2D eigenvalue weighted by molar-refractivity contribution is 5.68. The summed E-state index contributed by atoms with van der Waals surface area (Å²) in [6.45, 7) is 11.3. The summed E-state index contributed by atoms with van der Waals surface area (Å²) in [6, 6.07) is 0. The van der Waals surface area contributed by atoms with Crippen molar-refractivity contribution in [1.29, 1.82) is 0 Å². The Balaban J connectivity index is 2.47. The van der Waals surface area contributed by atoms with Gasteiger partial charge >= 0.3 is 6.09 Å². The van der Waals surface area contributed by atoms with E-state index in [2.05, 4.69) is 24.5 Å². The van der Waals surface area contributed by atoms with Crippen LogP contribution in [0.2, 0.25) is 0 Å². The Morgan fingerprint density at radius 3 is 2.50 bits per heavy atom. The molecule has 0 saturated carbocycles. The zero-order valence-corrected chi connectivity index (χ0v) is 14.7. The van der Waals surface area contributed by atoms with Crippen LogP contribution < -0.4 is 10.6 Å². The molecule has 1 aliphatic rings. The van der Waals surface area contributed by atoms with Crippen LogP contribution in [0.5, 0.6) is 0 Å². The van der Waals surface area contributed by atoms with Gasteiger partial charge in [-0.3, -0.25) is 0 Å². The van der Waals surface area contributed by atoms with Crippen LogP contribution in [-0.4, -0.2) is 36.4 Å². The lowest BCUT2D eigenvalue weighted by Crippen LogP contribution is -2.55. The second kappa shape index (κ2) is 8.42. The molecule has 0 fully saturated rings. The minimum Gasteiger partial charge on any atom is -0.497 e. The van der Waals surface area contributed by atoms with Crippen molar-refractivity contribution < 1.29 is 14.3 Å². The van der Waals surface area contributed by atoms with E-state index in [0.29, 0.717) is 6.54 Å². The van der Waals surface area contributed by atoms with Crippen LogP contribution in [0.3, 0.4) is 0 Å². The van der Waals surface area contributed by atoms with Gasteiger partial charge in [-0.1, -0.05) is 13.8 Å². The van der Waals surface area contributed by atoms with Crippen LogP contribution in [0.25, 0.3) is 0 Å². The average Bonchev–Trinajstić information content (AvgIpc) is 2.45. The molecule has 0 aromatic rings. The fourth-order valence-corrected chi connectivity index (χ4v) is 2.45. The van der Waals surface area contributed by atoms with E-state index < -0.39 is 5.60 Å². The molecular formula is C17H32N2O3. The quantitative estimate of drug-likeness (QED) is 0.757. The number of allylic oxidation sites excluding steroid dienone is 1. The monoisotopic (exact) mass is 312 g/mol. The first-order chi connectivity index (χ1) is 10.3. The van der Waals surface area contributed by atoms with Crippen molar-refractivity contribution in [2.45, 2.75) is 77.5 Å². The van der Waals surface area contributed by atoms with Gasteiger partial charge in [0.15, 0.2) is 0 Å². The number of amides is 1. The molecule has 0 aromatic heterocycles. The fourth-order valence-electron chi connectivity index (χ4n) is 2.45. The molecule has 0 radical (unpaired) electrons. The lowest BCUT2D eigenvalue weighted by atomic mass is 9.92. The average molecular weight is 312 g/mol. The standard InChI is InChI=1S/C17H32N2O3/c1-6-17(7-2,19-15(20)22-16(3,4)5)13-18-12-14-10-8-9-11-21-14/h9,11,14,18H,6-8,10,12-13H2,1-5H3,(H,19,20). The van der Waals surface area contributed by atoms with E-state index in [1.807, 2.05) is 26.8 Å². The molecule has 5 nitrogen and oxygen atoms in total. The van der Waals surface area contributed by atoms with Crippen molar-refractivity contribution in [3.05, 3.63) is 12.3 Å². The smallest absolute Gasteiger partial charge is 0.408 e. The summed E-state index contributed by atoms with van der Waals surface area (Å²) in [4.78, 5) is 12.1. The Hall–Kier alpha value is -1.23. The Morgan fingerprint density at radius 2 is 2.00 bits per heavy atom. The molecule has 0 spiro atoms. The van der Waals surface area contributed by atoms with E-state index in [4.69, 9.17) is 9.47 Å². The second-order valence-electron chi connectivity index (χ2n) is 6.95. The van der Waals surface area contributed by atoms with Crippen molar-refractivity contribution in [2.24, 2.45) is 0 Å². The first-order valence-corrected chi connectivity index (χ1v) is 8.32. The molecular weight excluding hydrogens is 280 g/mol. The molecule has 1 unspecified atom stereocenters. The van der Waals surface area contributed by atoms with Crippen molar-refractivity contribution in [3.8, 4) is 0 Å². The molecule has 2 N–H and O–H groups in total. The van der Waals surface area contributed by atoms with E-state index in [-0.39, 0.29) is 17.7 Å². The third-order valence-corrected chi connectivity index (χ3v) is 3.98.